The van der Waals surface area contributed by atoms with Crippen LogP contribution in [0.15, 0.2) is 16.6 Å². The van der Waals surface area contributed by atoms with Crippen molar-refractivity contribution in [1.82, 2.24) is 0 Å². The molecule has 0 N–H and O–H groups in total. The van der Waals surface area contributed by atoms with Gasteiger partial charge in [-0.25, -0.2) is 0 Å². The van der Waals surface area contributed by atoms with Crippen molar-refractivity contribution in [3.05, 3.63) is 22.2 Å². The maximum atomic E-state index is 5.46. The van der Waals surface area contributed by atoms with Crippen LogP contribution < -0.4 is 9.47 Å². The van der Waals surface area contributed by atoms with Gasteiger partial charge in [0, 0.05) is 11.6 Å². The van der Waals surface area contributed by atoms with Crippen molar-refractivity contribution in [3.63, 3.8) is 0 Å². The predicted octanol–water partition coefficient (Wildman–Crippen LogP) is 2.51. The number of rotatable bonds is 3. The molecule has 88 valence electrons. The zero-order valence-electron chi connectivity index (χ0n) is 9.16. The molecule has 4 nitrogen and oxygen atoms in total. The third-order valence-electron chi connectivity index (χ3n) is 2.37. The third kappa shape index (κ3) is 2.16. The first-order valence-electron chi connectivity index (χ1n) is 4.91. The molecule has 0 saturated carbocycles. The Morgan fingerprint density at radius 2 is 1.88 bits per heavy atom. The molecule has 0 aliphatic carbocycles. The Labute approximate surface area is 103 Å². The topological polar surface area (TPSA) is 36.9 Å². The van der Waals surface area contributed by atoms with Crippen LogP contribution in [0, 0.1) is 0 Å². The lowest BCUT2D eigenvalue weighted by Gasteiger charge is -2.15. The number of hydrogen-bond acceptors (Lipinski definition) is 4. The summed E-state index contributed by atoms with van der Waals surface area (Å²) in [5, 5.41) is 0. The normalized spacial score (nSPS) is 16.4. The van der Waals surface area contributed by atoms with Gasteiger partial charge in [-0.2, -0.15) is 0 Å². The summed E-state index contributed by atoms with van der Waals surface area (Å²) in [5.74, 6) is 1.42. The third-order valence-corrected chi connectivity index (χ3v) is 3.22. The van der Waals surface area contributed by atoms with E-state index < -0.39 is 0 Å². The molecule has 1 aromatic carbocycles. The Balaban J connectivity index is 2.41. The summed E-state index contributed by atoms with van der Waals surface area (Å²) in [6, 6.07) is 3.69. The Bertz CT molecular complexity index is 374. The van der Waals surface area contributed by atoms with E-state index in [4.69, 9.17) is 18.9 Å². The first-order valence-corrected chi connectivity index (χ1v) is 5.70. The lowest BCUT2D eigenvalue weighted by molar-refractivity contribution is -0.0448. The second-order valence-corrected chi connectivity index (χ2v) is 4.10. The van der Waals surface area contributed by atoms with E-state index in [2.05, 4.69) is 15.9 Å². The summed E-state index contributed by atoms with van der Waals surface area (Å²) in [6.07, 6.45) is -0.349. The van der Waals surface area contributed by atoms with Gasteiger partial charge in [0.05, 0.1) is 31.9 Å². The largest absolute Gasteiger partial charge is 0.497 e. The number of benzene rings is 1. The Hall–Kier alpha value is -0.780. The van der Waals surface area contributed by atoms with Gasteiger partial charge in [0.2, 0.25) is 0 Å². The van der Waals surface area contributed by atoms with E-state index in [1.54, 1.807) is 14.2 Å². The quantitative estimate of drug-likeness (QED) is 0.856. The molecule has 1 heterocycles. The molecule has 1 saturated heterocycles. The van der Waals surface area contributed by atoms with Crippen molar-refractivity contribution < 1.29 is 18.9 Å². The van der Waals surface area contributed by atoms with Gasteiger partial charge in [-0.1, -0.05) is 0 Å². The summed E-state index contributed by atoms with van der Waals surface area (Å²) in [6.45, 7) is 1.22. The first kappa shape index (κ1) is 11.7. The second-order valence-electron chi connectivity index (χ2n) is 3.31. The summed E-state index contributed by atoms with van der Waals surface area (Å²) in [4.78, 5) is 0. The van der Waals surface area contributed by atoms with Gasteiger partial charge in [-0.3, -0.25) is 0 Å². The van der Waals surface area contributed by atoms with Gasteiger partial charge in [0.1, 0.15) is 11.5 Å². The minimum absolute atomic E-state index is 0.349. The number of ether oxygens (including phenoxy) is 4. The van der Waals surface area contributed by atoms with E-state index >= 15 is 0 Å². The van der Waals surface area contributed by atoms with Crippen LogP contribution in [0.25, 0.3) is 0 Å². The highest BCUT2D eigenvalue weighted by Crippen LogP contribution is 2.39. The molecule has 1 aliphatic heterocycles. The molecule has 16 heavy (non-hydrogen) atoms. The predicted molar refractivity (Wildman–Crippen MR) is 61.9 cm³/mol. The minimum Gasteiger partial charge on any atom is -0.497 e. The van der Waals surface area contributed by atoms with E-state index in [-0.39, 0.29) is 6.29 Å². The zero-order chi connectivity index (χ0) is 11.5. The van der Waals surface area contributed by atoms with E-state index in [9.17, 15) is 0 Å². The average molecular weight is 289 g/mol. The number of halogens is 1. The standard InChI is InChI=1S/C11H13BrO4/c1-13-7-5-8(11-15-3-4-16-11)10(12)9(6-7)14-2/h5-6,11H,3-4H2,1-2H3. The molecular weight excluding hydrogens is 276 g/mol. The van der Waals surface area contributed by atoms with Crippen molar-refractivity contribution in [2.75, 3.05) is 27.4 Å². The molecule has 0 bridgehead atoms. The van der Waals surface area contributed by atoms with Crippen molar-refractivity contribution in [1.29, 1.82) is 0 Å². The molecule has 0 radical (unpaired) electrons. The Morgan fingerprint density at radius 1 is 1.19 bits per heavy atom. The molecule has 0 amide bonds. The van der Waals surface area contributed by atoms with Crippen molar-refractivity contribution >= 4 is 15.9 Å². The van der Waals surface area contributed by atoms with Crippen LogP contribution >= 0.6 is 15.9 Å². The second kappa shape index (κ2) is 5.03. The van der Waals surface area contributed by atoms with Crippen LogP contribution in [0.2, 0.25) is 0 Å². The summed E-state index contributed by atoms with van der Waals surface area (Å²) < 4.78 is 22.2. The highest BCUT2D eigenvalue weighted by Gasteiger charge is 2.23. The monoisotopic (exact) mass is 288 g/mol. The maximum Gasteiger partial charge on any atom is 0.185 e. The fraction of sp³-hybridized carbons (Fsp3) is 0.455. The summed E-state index contributed by atoms with van der Waals surface area (Å²) in [7, 11) is 3.22. The van der Waals surface area contributed by atoms with E-state index in [1.165, 1.54) is 0 Å². The van der Waals surface area contributed by atoms with Gasteiger partial charge < -0.3 is 18.9 Å². The van der Waals surface area contributed by atoms with E-state index in [1.807, 2.05) is 12.1 Å². The van der Waals surface area contributed by atoms with Crippen LogP contribution in [-0.2, 0) is 9.47 Å². The number of hydrogen-bond donors (Lipinski definition) is 0. The van der Waals surface area contributed by atoms with Crippen molar-refractivity contribution in [3.8, 4) is 11.5 Å². The highest BCUT2D eigenvalue weighted by molar-refractivity contribution is 9.10. The Kier molecular flexibility index (Phi) is 3.68. The molecule has 0 spiro atoms. The molecule has 0 aromatic heterocycles. The lowest BCUT2D eigenvalue weighted by atomic mass is 10.2. The lowest BCUT2D eigenvalue weighted by Crippen LogP contribution is -2.01. The van der Waals surface area contributed by atoms with Crippen LogP contribution in [0.1, 0.15) is 11.9 Å². The molecule has 0 unspecified atom stereocenters. The maximum absolute atomic E-state index is 5.46. The smallest absolute Gasteiger partial charge is 0.185 e. The highest BCUT2D eigenvalue weighted by atomic mass is 79.9. The Morgan fingerprint density at radius 3 is 2.44 bits per heavy atom. The molecular formula is C11H13BrO4. The molecule has 5 heteroatoms. The SMILES string of the molecule is COc1cc(OC)c(Br)c(C2OCCO2)c1. The van der Waals surface area contributed by atoms with Gasteiger partial charge >= 0.3 is 0 Å². The van der Waals surface area contributed by atoms with Crippen molar-refractivity contribution in [2.24, 2.45) is 0 Å². The van der Waals surface area contributed by atoms with Gasteiger partial charge in [0.15, 0.2) is 6.29 Å². The van der Waals surface area contributed by atoms with Crippen LogP contribution in [0.3, 0.4) is 0 Å². The molecule has 2 rings (SSSR count). The van der Waals surface area contributed by atoms with Gasteiger partial charge in [-0.05, 0) is 22.0 Å². The minimum atomic E-state index is -0.349. The first-order chi connectivity index (χ1) is 7.76. The van der Waals surface area contributed by atoms with Crippen LogP contribution in [-0.4, -0.2) is 27.4 Å². The van der Waals surface area contributed by atoms with E-state index in [0.29, 0.717) is 24.7 Å². The zero-order valence-corrected chi connectivity index (χ0v) is 10.7. The van der Waals surface area contributed by atoms with E-state index in [0.717, 1.165) is 10.0 Å². The van der Waals surface area contributed by atoms with Crippen molar-refractivity contribution in [2.45, 2.75) is 6.29 Å². The molecule has 1 aliphatic rings. The van der Waals surface area contributed by atoms with Crippen LogP contribution in [0.4, 0.5) is 0 Å². The molecule has 0 atom stereocenters. The summed E-state index contributed by atoms with van der Waals surface area (Å²) in [5.41, 5.74) is 0.883. The summed E-state index contributed by atoms with van der Waals surface area (Å²) >= 11 is 3.47. The van der Waals surface area contributed by atoms with Gasteiger partial charge in [-0.15, -0.1) is 0 Å². The average Bonchev–Trinajstić information content (AvgIpc) is 2.83. The fourth-order valence-electron chi connectivity index (χ4n) is 1.57. The number of methoxy groups -OCH3 is 2. The fourth-order valence-corrected chi connectivity index (χ4v) is 2.15. The van der Waals surface area contributed by atoms with Gasteiger partial charge in [0.25, 0.3) is 0 Å². The molecule has 1 aromatic rings. The molecule has 1 fully saturated rings. The van der Waals surface area contributed by atoms with Crippen LogP contribution in [0.5, 0.6) is 11.5 Å².